The molecule has 0 fully saturated rings. The largest absolute Gasteiger partial charge is 0.497 e. The van der Waals surface area contributed by atoms with Gasteiger partial charge in [0.15, 0.2) is 5.75 Å². The number of benzene rings is 1. The van der Waals surface area contributed by atoms with E-state index in [4.69, 9.17) is 19.8 Å². The van der Waals surface area contributed by atoms with Gasteiger partial charge in [-0.05, 0) is 18.2 Å². The van der Waals surface area contributed by atoms with Crippen molar-refractivity contribution in [1.82, 2.24) is 4.98 Å². The Balaban J connectivity index is 2.40. The van der Waals surface area contributed by atoms with Gasteiger partial charge in [-0.25, -0.2) is 4.79 Å². The summed E-state index contributed by atoms with van der Waals surface area (Å²) < 4.78 is 10.5. The Morgan fingerprint density at radius 1 is 1.35 bits per heavy atom. The number of hydrogen-bond acceptors (Lipinski definition) is 5. The number of aromatic nitrogens is 1. The number of rotatable bonds is 4. The van der Waals surface area contributed by atoms with Gasteiger partial charge in [0.25, 0.3) is 0 Å². The molecule has 0 amide bonds. The normalized spacial score (nSPS) is 9.60. The SMILES string of the molecule is COc1cc(C#N)cc(Oc2cnccc2C(=O)O)c1. The summed E-state index contributed by atoms with van der Waals surface area (Å²) in [6.07, 6.45) is 2.66. The molecular weight excluding hydrogens is 260 g/mol. The number of methoxy groups -OCH3 is 1. The van der Waals surface area contributed by atoms with Gasteiger partial charge in [-0.15, -0.1) is 0 Å². The fourth-order valence-electron chi connectivity index (χ4n) is 1.58. The van der Waals surface area contributed by atoms with Gasteiger partial charge in [-0.1, -0.05) is 0 Å². The predicted molar refractivity (Wildman–Crippen MR) is 69.0 cm³/mol. The van der Waals surface area contributed by atoms with Crippen LogP contribution in [0.25, 0.3) is 0 Å². The van der Waals surface area contributed by atoms with E-state index in [9.17, 15) is 4.79 Å². The average molecular weight is 270 g/mol. The van der Waals surface area contributed by atoms with Gasteiger partial charge in [-0.2, -0.15) is 5.26 Å². The molecule has 0 bridgehead atoms. The zero-order valence-electron chi connectivity index (χ0n) is 10.5. The van der Waals surface area contributed by atoms with Crippen molar-refractivity contribution in [2.75, 3.05) is 7.11 Å². The van der Waals surface area contributed by atoms with Gasteiger partial charge < -0.3 is 14.6 Å². The summed E-state index contributed by atoms with van der Waals surface area (Å²) in [5, 5.41) is 18.0. The summed E-state index contributed by atoms with van der Waals surface area (Å²) in [5.74, 6) is -0.279. The molecule has 0 aliphatic carbocycles. The smallest absolute Gasteiger partial charge is 0.339 e. The number of pyridine rings is 1. The van der Waals surface area contributed by atoms with Crippen molar-refractivity contribution < 1.29 is 19.4 Å². The van der Waals surface area contributed by atoms with Crippen LogP contribution in [0.5, 0.6) is 17.2 Å². The first-order chi connectivity index (χ1) is 9.63. The monoisotopic (exact) mass is 270 g/mol. The van der Waals surface area contributed by atoms with Crippen LogP contribution in [-0.2, 0) is 0 Å². The Labute approximate surface area is 114 Å². The summed E-state index contributed by atoms with van der Waals surface area (Å²) in [6.45, 7) is 0. The van der Waals surface area contributed by atoms with E-state index in [0.29, 0.717) is 17.1 Å². The molecule has 1 N–H and O–H groups in total. The van der Waals surface area contributed by atoms with Crippen LogP contribution in [0, 0.1) is 11.3 Å². The number of carboxylic acid groups (broad SMARTS) is 1. The maximum absolute atomic E-state index is 11.1. The highest BCUT2D eigenvalue weighted by atomic mass is 16.5. The molecule has 0 atom stereocenters. The Kier molecular flexibility index (Phi) is 3.82. The number of nitrogens with zero attached hydrogens (tertiary/aromatic N) is 2. The lowest BCUT2D eigenvalue weighted by molar-refractivity contribution is 0.0694. The second kappa shape index (κ2) is 5.71. The van der Waals surface area contributed by atoms with Crippen molar-refractivity contribution in [3.63, 3.8) is 0 Å². The van der Waals surface area contributed by atoms with Crippen LogP contribution in [-0.4, -0.2) is 23.2 Å². The van der Waals surface area contributed by atoms with E-state index in [2.05, 4.69) is 4.98 Å². The van der Waals surface area contributed by atoms with E-state index >= 15 is 0 Å². The minimum atomic E-state index is -1.12. The molecule has 2 aromatic rings. The minimum absolute atomic E-state index is 0.0127. The van der Waals surface area contributed by atoms with Gasteiger partial charge in [-0.3, -0.25) is 4.98 Å². The van der Waals surface area contributed by atoms with Gasteiger partial charge in [0.2, 0.25) is 0 Å². The van der Waals surface area contributed by atoms with Crippen molar-refractivity contribution in [3.8, 4) is 23.3 Å². The Bertz CT molecular complexity index is 692. The molecule has 0 saturated heterocycles. The summed E-state index contributed by atoms with van der Waals surface area (Å²) in [7, 11) is 1.47. The number of carbonyl (C=O) groups is 1. The lowest BCUT2D eigenvalue weighted by Crippen LogP contribution is -2.00. The summed E-state index contributed by atoms with van der Waals surface area (Å²) in [5.41, 5.74) is 0.335. The lowest BCUT2D eigenvalue weighted by Gasteiger charge is -2.09. The molecule has 1 aromatic heterocycles. The molecule has 6 nitrogen and oxygen atoms in total. The van der Waals surface area contributed by atoms with E-state index < -0.39 is 5.97 Å². The molecule has 1 heterocycles. The molecule has 1 aromatic carbocycles. The van der Waals surface area contributed by atoms with E-state index in [-0.39, 0.29) is 11.3 Å². The van der Waals surface area contributed by atoms with Crippen molar-refractivity contribution in [1.29, 1.82) is 5.26 Å². The summed E-state index contributed by atoms with van der Waals surface area (Å²) in [6, 6.07) is 7.90. The molecule has 0 aliphatic heterocycles. The average Bonchev–Trinajstić information content (AvgIpc) is 2.47. The first-order valence-corrected chi connectivity index (χ1v) is 5.58. The van der Waals surface area contributed by atoms with Crippen LogP contribution in [0.1, 0.15) is 15.9 Å². The first kappa shape index (κ1) is 13.4. The molecule has 6 heteroatoms. The number of carboxylic acids is 1. The first-order valence-electron chi connectivity index (χ1n) is 5.58. The predicted octanol–water partition coefficient (Wildman–Crippen LogP) is 2.45. The molecule has 0 unspecified atom stereocenters. The Hall–Kier alpha value is -3.07. The van der Waals surface area contributed by atoms with Gasteiger partial charge in [0.05, 0.1) is 24.9 Å². The van der Waals surface area contributed by atoms with Crippen LogP contribution in [0.2, 0.25) is 0 Å². The highest BCUT2D eigenvalue weighted by Crippen LogP contribution is 2.28. The highest BCUT2D eigenvalue weighted by molar-refractivity contribution is 5.90. The fourth-order valence-corrected chi connectivity index (χ4v) is 1.58. The molecule has 0 radical (unpaired) electrons. The third-order valence-corrected chi connectivity index (χ3v) is 2.49. The molecule has 0 aliphatic rings. The van der Waals surface area contributed by atoms with E-state index in [1.54, 1.807) is 12.1 Å². The molecular formula is C14H10N2O4. The van der Waals surface area contributed by atoms with Crippen LogP contribution in [0.3, 0.4) is 0 Å². The maximum Gasteiger partial charge on any atom is 0.339 e. The zero-order valence-corrected chi connectivity index (χ0v) is 10.5. The van der Waals surface area contributed by atoms with Crippen molar-refractivity contribution in [2.45, 2.75) is 0 Å². The fraction of sp³-hybridized carbons (Fsp3) is 0.0714. The molecule has 0 spiro atoms. The number of aromatic carboxylic acids is 1. The summed E-state index contributed by atoms with van der Waals surface area (Å²) in [4.78, 5) is 14.9. The van der Waals surface area contributed by atoms with E-state index in [1.807, 2.05) is 6.07 Å². The van der Waals surface area contributed by atoms with Gasteiger partial charge >= 0.3 is 5.97 Å². The Morgan fingerprint density at radius 2 is 2.10 bits per heavy atom. The van der Waals surface area contributed by atoms with E-state index in [1.165, 1.54) is 31.6 Å². The van der Waals surface area contributed by atoms with Crippen molar-refractivity contribution >= 4 is 5.97 Å². The Morgan fingerprint density at radius 3 is 2.75 bits per heavy atom. The lowest BCUT2D eigenvalue weighted by atomic mass is 10.2. The maximum atomic E-state index is 11.1. The molecule has 100 valence electrons. The molecule has 20 heavy (non-hydrogen) atoms. The molecule has 2 rings (SSSR count). The zero-order chi connectivity index (χ0) is 14.5. The summed E-state index contributed by atoms with van der Waals surface area (Å²) >= 11 is 0. The van der Waals surface area contributed by atoms with Crippen LogP contribution in [0.4, 0.5) is 0 Å². The van der Waals surface area contributed by atoms with Gasteiger partial charge in [0.1, 0.15) is 17.1 Å². The topological polar surface area (TPSA) is 92.4 Å². The van der Waals surface area contributed by atoms with E-state index in [0.717, 1.165) is 0 Å². The molecule has 0 saturated carbocycles. The number of ether oxygens (including phenoxy) is 2. The second-order valence-corrected chi connectivity index (χ2v) is 3.79. The quantitative estimate of drug-likeness (QED) is 0.917. The number of hydrogen-bond donors (Lipinski definition) is 1. The number of nitriles is 1. The highest BCUT2D eigenvalue weighted by Gasteiger charge is 2.12. The minimum Gasteiger partial charge on any atom is -0.497 e. The second-order valence-electron chi connectivity index (χ2n) is 3.79. The van der Waals surface area contributed by atoms with Crippen LogP contribution < -0.4 is 9.47 Å². The van der Waals surface area contributed by atoms with Crippen molar-refractivity contribution in [3.05, 3.63) is 47.8 Å². The van der Waals surface area contributed by atoms with Crippen LogP contribution in [0.15, 0.2) is 36.7 Å². The van der Waals surface area contributed by atoms with Gasteiger partial charge in [0, 0.05) is 12.3 Å². The third-order valence-electron chi connectivity index (χ3n) is 2.49. The standard InChI is InChI=1S/C14H10N2O4/c1-19-10-4-9(7-15)5-11(6-10)20-13-8-16-3-2-12(13)14(17)18/h2-6,8H,1H3,(H,17,18). The van der Waals surface area contributed by atoms with Crippen molar-refractivity contribution in [2.24, 2.45) is 0 Å². The third kappa shape index (κ3) is 2.84. The van der Waals surface area contributed by atoms with Crippen LogP contribution >= 0.6 is 0 Å².